The molecule has 250 valence electrons. The first-order chi connectivity index (χ1) is 24.4. The average Bonchev–Trinajstić information content (AvgIpc) is 3.18. The molecule has 2 amide bonds. The Morgan fingerprint density at radius 3 is 1.78 bits per heavy atom. The quantitative estimate of drug-likeness (QED) is 0.103. The van der Waals surface area contributed by atoms with Crippen LogP contribution in [0.5, 0.6) is 0 Å². The van der Waals surface area contributed by atoms with Gasteiger partial charge in [-0.2, -0.15) is 0 Å². The zero-order valence-electron chi connectivity index (χ0n) is 27.5. The minimum absolute atomic E-state index is 0.0255. The second-order valence-corrected chi connectivity index (χ2v) is 11.4. The number of rotatable bonds is 11. The van der Waals surface area contributed by atoms with Crippen LogP contribution in [0.4, 0.5) is 16.2 Å². The van der Waals surface area contributed by atoms with Gasteiger partial charge in [0.1, 0.15) is 6.04 Å². The number of amides is 2. The SMILES string of the molecule is COC(=O)c1ncccc1NC(=O)Nc1ccc(C[C@H](NC(c2ccccc2)(c2ccccc2)c2ccccc2)C(=O)OC)c2cccnc12. The van der Waals surface area contributed by atoms with Crippen LogP contribution >= 0.6 is 0 Å². The highest BCUT2D eigenvalue weighted by Gasteiger charge is 2.40. The van der Waals surface area contributed by atoms with E-state index >= 15 is 0 Å². The molecule has 2 heterocycles. The van der Waals surface area contributed by atoms with Crippen LogP contribution in [-0.2, 0) is 26.2 Å². The van der Waals surface area contributed by atoms with Gasteiger partial charge in [0.2, 0.25) is 0 Å². The number of ether oxygens (including phenoxy) is 2. The highest BCUT2D eigenvalue weighted by atomic mass is 16.5. The second kappa shape index (κ2) is 15.2. The number of carbonyl (C=O) groups is 3. The highest BCUT2D eigenvalue weighted by Crippen LogP contribution is 2.38. The molecule has 0 aliphatic heterocycles. The average molecular weight is 666 g/mol. The van der Waals surface area contributed by atoms with Crippen LogP contribution in [0.2, 0.25) is 0 Å². The van der Waals surface area contributed by atoms with E-state index in [-0.39, 0.29) is 17.8 Å². The van der Waals surface area contributed by atoms with Crippen molar-refractivity contribution >= 4 is 40.2 Å². The molecule has 0 radical (unpaired) electrons. The molecule has 6 rings (SSSR count). The van der Waals surface area contributed by atoms with Crippen LogP contribution in [0.1, 0.15) is 32.7 Å². The van der Waals surface area contributed by atoms with Gasteiger partial charge < -0.3 is 20.1 Å². The van der Waals surface area contributed by atoms with E-state index in [9.17, 15) is 14.4 Å². The highest BCUT2D eigenvalue weighted by molar-refractivity contribution is 6.07. The zero-order chi connectivity index (χ0) is 34.9. The lowest BCUT2D eigenvalue weighted by Crippen LogP contribution is -2.53. The van der Waals surface area contributed by atoms with Crippen LogP contribution < -0.4 is 16.0 Å². The first-order valence-corrected chi connectivity index (χ1v) is 15.9. The topological polar surface area (TPSA) is 132 Å². The zero-order valence-corrected chi connectivity index (χ0v) is 27.5. The van der Waals surface area contributed by atoms with E-state index in [1.807, 2.05) is 103 Å². The number of hydrogen-bond acceptors (Lipinski definition) is 8. The Balaban J connectivity index is 1.37. The number of hydrogen-bond donors (Lipinski definition) is 3. The predicted molar refractivity (Wildman–Crippen MR) is 192 cm³/mol. The third-order valence-corrected chi connectivity index (χ3v) is 8.46. The number of aromatic nitrogens is 2. The number of nitrogens with one attached hydrogen (secondary N) is 3. The van der Waals surface area contributed by atoms with E-state index < -0.39 is 29.6 Å². The smallest absolute Gasteiger partial charge is 0.358 e. The Hall–Kier alpha value is -6.39. The minimum atomic E-state index is -0.925. The summed E-state index contributed by atoms with van der Waals surface area (Å²) in [6.45, 7) is 0. The molecule has 0 aliphatic rings. The molecule has 10 heteroatoms. The van der Waals surface area contributed by atoms with E-state index in [0.29, 0.717) is 11.2 Å². The molecular formula is C40H35N5O5. The molecule has 4 aromatic carbocycles. The maximum absolute atomic E-state index is 13.7. The van der Waals surface area contributed by atoms with Crippen LogP contribution in [0, 0.1) is 0 Å². The third kappa shape index (κ3) is 6.92. The molecule has 3 N–H and O–H groups in total. The van der Waals surface area contributed by atoms with Crippen molar-refractivity contribution in [3.63, 3.8) is 0 Å². The molecule has 0 fully saturated rings. The summed E-state index contributed by atoms with van der Waals surface area (Å²) in [5, 5.41) is 10.00. The van der Waals surface area contributed by atoms with Crippen molar-refractivity contribution in [2.24, 2.45) is 0 Å². The number of esters is 2. The normalized spacial score (nSPS) is 11.7. The monoisotopic (exact) mass is 665 g/mol. The lowest BCUT2D eigenvalue weighted by Gasteiger charge is -2.39. The molecule has 50 heavy (non-hydrogen) atoms. The van der Waals surface area contributed by atoms with Crippen LogP contribution in [0.3, 0.4) is 0 Å². The molecule has 2 aromatic heterocycles. The Labute approximate surface area is 289 Å². The molecule has 1 atom stereocenters. The maximum Gasteiger partial charge on any atom is 0.358 e. The van der Waals surface area contributed by atoms with Gasteiger partial charge in [0, 0.05) is 17.8 Å². The summed E-state index contributed by atoms with van der Waals surface area (Å²) in [6.07, 6.45) is 3.31. The fourth-order valence-electron chi connectivity index (χ4n) is 6.18. The predicted octanol–water partition coefficient (Wildman–Crippen LogP) is 6.73. The van der Waals surface area contributed by atoms with E-state index in [1.165, 1.54) is 20.4 Å². The Bertz CT molecular complexity index is 2010. The summed E-state index contributed by atoms with van der Waals surface area (Å²) < 4.78 is 10.2. The fraction of sp³-hybridized carbons (Fsp3) is 0.125. The number of benzene rings is 4. The Morgan fingerprint density at radius 2 is 1.20 bits per heavy atom. The van der Waals surface area contributed by atoms with Gasteiger partial charge in [-0.25, -0.2) is 14.6 Å². The number of urea groups is 1. The summed E-state index contributed by atoms with van der Waals surface area (Å²) in [5.74, 6) is -1.12. The lowest BCUT2D eigenvalue weighted by atomic mass is 9.76. The van der Waals surface area contributed by atoms with Gasteiger partial charge in [0.25, 0.3) is 0 Å². The van der Waals surface area contributed by atoms with Crippen LogP contribution in [0.15, 0.2) is 140 Å². The van der Waals surface area contributed by atoms with Gasteiger partial charge in [-0.1, -0.05) is 103 Å². The van der Waals surface area contributed by atoms with Crippen LogP contribution in [0.25, 0.3) is 10.9 Å². The summed E-state index contributed by atoms with van der Waals surface area (Å²) in [5.41, 5.74) is 3.85. The molecule has 0 unspecified atom stereocenters. The molecule has 6 aromatic rings. The summed E-state index contributed by atoms with van der Waals surface area (Å²) >= 11 is 0. The van der Waals surface area contributed by atoms with Crippen molar-refractivity contribution in [3.8, 4) is 0 Å². The number of methoxy groups -OCH3 is 2. The Morgan fingerprint density at radius 1 is 0.640 bits per heavy atom. The van der Waals surface area contributed by atoms with Gasteiger partial charge >= 0.3 is 18.0 Å². The summed E-state index contributed by atoms with van der Waals surface area (Å²) in [6, 6.07) is 39.1. The third-order valence-electron chi connectivity index (χ3n) is 8.46. The van der Waals surface area contributed by atoms with E-state index in [4.69, 9.17) is 9.47 Å². The van der Waals surface area contributed by atoms with Gasteiger partial charge in [-0.05, 0) is 52.9 Å². The molecule has 0 saturated carbocycles. The number of nitrogens with zero attached hydrogens (tertiary/aromatic N) is 2. The van der Waals surface area contributed by atoms with Gasteiger partial charge in [0.05, 0.1) is 36.6 Å². The van der Waals surface area contributed by atoms with Crippen molar-refractivity contribution in [2.75, 3.05) is 24.9 Å². The van der Waals surface area contributed by atoms with Crippen molar-refractivity contribution in [3.05, 3.63) is 168 Å². The Kier molecular flexibility index (Phi) is 10.2. The first kappa shape index (κ1) is 33.5. The maximum atomic E-state index is 13.7. The second-order valence-electron chi connectivity index (χ2n) is 11.4. The summed E-state index contributed by atoms with van der Waals surface area (Å²) in [7, 11) is 2.62. The lowest BCUT2D eigenvalue weighted by molar-refractivity contribution is -0.143. The number of pyridine rings is 2. The van der Waals surface area contributed by atoms with Crippen molar-refractivity contribution < 1.29 is 23.9 Å². The van der Waals surface area contributed by atoms with Crippen molar-refractivity contribution in [1.29, 1.82) is 0 Å². The van der Waals surface area contributed by atoms with Crippen LogP contribution in [-0.4, -0.2) is 48.2 Å². The van der Waals surface area contributed by atoms with Gasteiger partial charge in [0.15, 0.2) is 5.69 Å². The fourth-order valence-corrected chi connectivity index (χ4v) is 6.18. The minimum Gasteiger partial charge on any atom is -0.468 e. The molecule has 0 bridgehead atoms. The van der Waals surface area contributed by atoms with Gasteiger partial charge in [-0.3, -0.25) is 15.1 Å². The first-order valence-electron chi connectivity index (χ1n) is 15.9. The van der Waals surface area contributed by atoms with Gasteiger partial charge in [-0.15, -0.1) is 0 Å². The van der Waals surface area contributed by atoms with Crippen molar-refractivity contribution in [1.82, 2.24) is 15.3 Å². The number of anilines is 2. The standard InChI is InChI=1S/C40H35N5O5/c1-49-37(46)34(45-40(28-14-6-3-7-15-28,29-16-8-4-9-17-29)30-18-10-5-11-19-30)26-27-22-23-33(35-31(27)20-12-24-41-35)44-39(48)43-32-21-13-25-42-36(32)38(47)50-2/h3-25,34,45H,26H2,1-2H3,(H2,43,44,48)/t34-/m0/s1. The number of fused-ring (bicyclic) bond motifs is 1. The summed E-state index contributed by atoms with van der Waals surface area (Å²) in [4.78, 5) is 47.6. The van der Waals surface area contributed by atoms with Crippen molar-refractivity contribution in [2.45, 2.75) is 18.0 Å². The molecule has 0 aliphatic carbocycles. The van der Waals surface area contributed by atoms with E-state index in [0.717, 1.165) is 27.6 Å². The molecule has 10 nitrogen and oxygen atoms in total. The number of carbonyl (C=O) groups excluding carboxylic acids is 3. The molecule has 0 saturated heterocycles. The molecular weight excluding hydrogens is 630 g/mol. The molecule has 0 spiro atoms. The van der Waals surface area contributed by atoms with E-state index in [2.05, 4.69) is 25.9 Å². The largest absolute Gasteiger partial charge is 0.468 e. The van der Waals surface area contributed by atoms with E-state index in [1.54, 1.807) is 30.5 Å².